The van der Waals surface area contributed by atoms with Gasteiger partial charge in [0.15, 0.2) is 5.78 Å². The van der Waals surface area contributed by atoms with Gasteiger partial charge in [-0.3, -0.25) is 4.79 Å². The van der Waals surface area contributed by atoms with Crippen LogP contribution in [0.1, 0.15) is 30.1 Å². The standard InChI is InChI=1S/C13H14BrFO2/c1-9(16)11-3-2-10(15)6-12(11)17-8-13(7-14)4-5-13/h2-3,6H,4-5,7-8H2,1H3. The normalized spacial score (nSPS) is 16.6. The predicted octanol–water partition coefficient (Wildman–Crippen LogP) is 3.58. The highest BCUT2D eigenvalue weighted by Gasteiger charge is 2.42. The molecule has 92 valence electrons. The molecule has 0 aromatic heterocycles. The van der Waals surface area contributed by atoms with Crippen molar-refractivity contribution in [2.24, 2.45) is 5.41 Å². The molecule has 1 aromatic carbocycles. The van der Waals surface area contributed by atoms with Crippen LogP contribution < -0.4 is 4.74 Å². The lowest BCUT2D eigenvalue weighted by Gasteiger charge is -2.15. The summed E-state index contributed by atoms with van der Waals surface area (Å²) in [6.45, 7) is 1.99. The number of hydrogen-bond acceptors (Lipinski definition) is 2. The van der Waals surface area contributed by atoms with E-state index in [1.807, 2.05) is 0 Å². The van der Waals surface area contributed by atoms with Crippen molar-refractivity contribution in [2.75, 3.05) is 11.9 Å². The van der Waals surface area contributed by atoms with Crippen LogP contribution in [0.15, 0.2) is 18.2 Å². The smallest absolute Gasteiger partial charge is 0.163 e. The maximum atomic E-state index is 13.1. The molecule has 1 saturated carbocycles. The Kier molecular flexibility index (Phi) is 3.52. The van der Waals surface area contributed by atoms with E-state index in [4.69, 9.17) is 4.74 Å². The fraction of sp³-hybridized carbons (Fsp3) is 0.462. The zero-order valence-corrected chi connectivity index (χ0v) is 11.2. The molecule has 0 atom stereocenters. The van der Waals surface area contributed by atoms with E-state index in [0.717, 1.165) is 18.2 Å². The van der Waals surface area contributed by atoms with Crippen molar-refractivity contribution in [1.82, 2.24) is 0 Å². The van der Waals surface area contributed by atoms with E-state index < -0.39 is 0 Å². The van der Waals surface area contributed by atoms with Crippen LogP contribution in [0, 0.1) is 11.2 Å². The molecule has 0 saturated heterocycles. The molecule has 1 aliphatic carbocycles. The molecule has 0 N–H and O–H groups in total. The van der Waals surface area contributed by atoms with Gasteiger partial charge in [-0.1, -0.05) is 15.9 Å². The Morgan fingerprint density at radius 2 is 2.24 bits per heavy atom. The van der Waals surface area contributed by atoms with Gasteiger partial charge in [0.2, 0.25) is 0 Å². The Morgan fingerprint density at radius 3 is 2.76 bits per heavy atom. The maximum absolute atomic E-state index is 13.1. The minimum atomic E-state index is -0.381. The summed E-state index contributed by atoms with van der Waals surface area (Å²) in [7, 11) is 0. The minimum absolute atomic E-state index is 0.108. The molecule has 0 bridgehead atoms. The summed E-state index contributed by atoms with van der Waals surface area (Å²) in [5.41, 5.74) is 0.622. The first-order valence-corrected chi connectivity index (χ1v) is 6.68. The fourth-order valence-electron chi connectivity index (χ4n) is 1.63. The van der Waals surface area contributed by atoms with Gasteiger partial charge in [-0.2, -0.15) is 0 Å². The van der Waals surface area contributed by atoms with Crippen molar-refractivity contribution in [2.45, 2.75) is 19.8 Å². The van der Waals surface area contributed by atoms with E-state index in [1.165, 1.54) is 25.1 Å². The van der Waals surface area contributed by atoms with Crippen molar-refractivity contribution in [1.29, 1.82) is 0 Å². The molecule has 17 heavy (non-hydrogen) atoms. The zero-order valence-electron chi connectivity index (χ0n) is 9.63. The molecule has 1 fully saturated rings. The third-order valence-electron chi connectivity index (χ3n) is 3.10. The van der Waals surface area contributed by atoms with Crippen LogP contribution in [0.4, 0.5) is 4.39 Å². The van der Waals surface area contributed by atoms with Gasteiger partial charge in [0.25, 0.3) is 0 Å². The number of carbonyl (C=O) groups excluding carboxylic acids is 1. The van der Waals surface area contributed by atoms with Crippen LogP contribution in [0.3, 0.4) is 0 Å². The summed E-state index contributed by atoms with van der Waals surface area (Å²) in [5.74, 6) is -0.137. The number of Topliss-reactive ketones (excluding diaryl/α,β-unsaturated/α-hetero) is 1. The average molecular weight is 301 g/mol. The van der Waals surface area contributed by atoms with Crippen LogP contribution in [0.2, 0.25) is 0 Å². The molecule has 0 radical (unpaired) electrons. The first-order valence-electron chi connectivity index (χ1n) is 5.56. The predicted molar refractivity (Wildman–Crippen MR) is 67.4 cm³/mol. The largest absolute Gasteiger partial charge is 0.492 e. The lowest BCUT2D eigenvalue weighted by molar-refractivity contribution is 0.101. The third-order valence-corrected chi connectivity index (χ3v) is 4.29. The highest BCUT2D eigenvalue weighted by molar-refractivity contribution is 9.09. The molecule has 0 amide bonds. The molecule has 0 unspecified atom stereocenters. The Labute approximate surface area is 108 Å². The first kappa shape index (κ1) is 12.6. The van der Waals surface area contributed by atoms with E-state index in [1.54, 1.807) is 0 Å². The van der Waals surface area contributed by atoms with Gasteiger partial charge < -0.3 is 4.74 Å². The van der Waals surface area contributed by atoms with Crippen LogP contribution in [0.5, 0.6) is 5.75 Å². The summed E-state index contributed by atoms with van der Waals surface area (Å²) < 4.78 is 18.7. The molecule has 2 nitrogen and oxygen atoms in total. The number of benzene rings is 1. The topological polar surface area (TPSA) is 26.3 Å². The van der Waals surface area contributed by atoms with Crippen molar-refractivity contribution in [3.8, 4) is 5.75 Å². The number of ketones is 1. The lowest BCUT2D eigenvalue weighted by Crippen LogP contribution is -2.15. The maximum Gasteiger partial charge on any atom is 0.163 e. The fourth-order valence-corrected chi connectivity index (χ4v) is 2.35. The summed E-state index contributed by atoms with van der Waals surface area (Å²) in [5, 5.41) is 0.880. The molecular formula is C13H14BrFO2. The van der Waals surface area contributed by atoms with E-state index in [0.29, 0.717) is 17.9 Å². The summed E-state index contributed by atoms with van der Waals surface area (Å²) in [6.07, 6.45) is 2.23. The minimum Gasteiger partial charge on any atom is -0.492 e. The number of ether oxygens (including phenoxy) is 1. The van der Waals surface area contributed by atoms with Crippen LogP contribution in [-0.4, -0.2) is 17.7 Å². The van der Waals surface area contributed by atoms with Gasteiger partial charge in [-0.15, -0.1) is 0 Å². The number of rotatable bonds is 5. The highest BCUT2D eigenvalue weighted by atomic mass is 79.9. The van der Waals surface area contributed by atoms with E-state index in [9.17, 15) is 9.18 Å². The van der Waals surface area contributed by atoms with Crippen LogP contribution in [0.25, 0.3) is 0 Å². The summed E-state index contributed by atoms with van der Waals surface area (Å²) in [4.78, 5) is 11.4. The third kappa shape index (κ3) is 2.86. The van der Waals surface area contributed by atoms with Crippen molar-refractivity contribution >= 4 is 21.7 Å². The summed E-state index contributed by atoms with van der Waals surface area (Å²) >= 11 is 3.45. The van der Waals surface area contributed by atoms with Gasteiger partial charge in [-0.25, -0.2) is 4.39 Å². The van der Waals surface area contributed by atoms with Gasteiger partial charge in [0.1, 0.15) is 11.6 Å². The Morgan fingerprint density at radius 1 is 1.53 bits per heavy atom. The van der Waals surface area contributed by atoms with E-state index >= 15 is 0 Å². The van der Waals surface area contributed by atoms with Crippen molar-refractivity contribution < 1.29 is 13.9 Å². The van der Waals surface area contributed by atoms with Gasteiger partial charge in [0, 0.05) is 16.8 Å². The van der Waals surface area contributed by atoms with Gasteiger partial charge in [0.05, 0.1) is 12.2 Å². The zero-order chi connectivity index (χ0) is 12.5. The second-order valence-corrected chi connectivity index (χ2v) is 5.18. The van der Waals surface area contributed by atoms with E-state index in [2.05, 4.69) is 15.9 Å². The lowest BCUT2D eigenvalue weighted by atomic mass is 10.1. The first-order chi connectivity index (χ1) is 8.06. The second kappa shape index (κ2) is 4.77. The van der Waals surface area contributed by atoms with E-state index in [-0.39, 0.29) is 17.0 Å². The van der Waals surface area contributed by atoms with Crippen LogP contribution in [-0.2, 0) is 0 Å². The SMILES string of the molecule is CC(=O)c1ccc(F)cc1OCC1(CBr)CC1. The number of hydrogen-bond donors (Lipinski definition) is 0. The molecule has 4 heteroatoms. The quantitative estimate of drug-likeness (QED) is 0.614. The summed E-state index contributed by atoms with van der Waals surface area (Å²) in [6, 6.07) is 4.03. The molecule has 0 aliphatic heterocycles. The van der Waals surface area contributed by atoms with Gasteiger partial charge >= 0.3 is 0 Å². The molecule has 1 aromatic rings. The molecule has 0 heterocycles. The molecular weight excluding hydrogens is 287 g/mol. The Balaban J connectivity index is 2.13. The van der Waals surface area contributed by atoms with Crippen molar-refractivity contribution in [3.05, 3.63) is 29.6 Å². The Hall–Kier alpha value is -0.900. The second-order valence-electron chi connectivity index (χ2n) is 4.62. The monoisotopic (exact) mass is 300 g/mol. The van der Waals surface area contributed by atoms with Gasteiger partial charge in [-0.05, 0) is 31.9 Å². The average Bonchev–Trinajstić information content (AvgIpc) is 3.07. The molecule has 0 spiro atoms. The number of carbonyl (C=O) groups is 1. The molecule has 2 rings (SSSR count). The molecule has 1 aliphatic rings. The number of alkyl halides is 1. The van der Waals surface area contributed by atoms with Crippen molar-refractivity contribution in [3.63, 3.8) is 0 Å². The highest BCUT2D eigenvalue weighted by Crippen LogP contribution is 2.47. The van der Waals surface area contributed by atoms with Crippen LogP contribution >= 0.6 is 15.9 Å². The Bertz CT molecular complexity index is 441. The number of halogens is 2.